The minimum Gasteiger partial charge on any atom is -0.473 e. The number of hydrogen-bond acceptors (Lipinski definition) is 9. The maximum absolute atomic E-state index is 14.7. The summed E-state index contributed by atoms with van der Waals surface area (Å²) in [6, 6.07) is 6.22. The lowest BCUT2D eigenvalue weighted by Gasteiger charge is -2.39. The molecule has 2 aliphatic heterocycles. The molecule has 0 radical (unpaired) electrons. The lowest BCUT2D eigenvalue weighted by molar-refractivity contribution is 0.0686. The minimum absolute atomic E-state index is 0.0910. The van der Waals surface area contributed by atoms with Crippen LogP contribution in [0.1, 0.15) is 18.5 Å². The van der Waals surface area contributed by atoms with E-state index in [1.165, 1.54) is 23.5 Å². The zero-order valence-electron chi connectivity index (χ0n) is 18.2. The van der Waals surface area contributed by atoms with E-state index in [1.807, 2.05) is 18.4 Å². The highest BCUT2D eigenvalue weighted by Crippen LogP contribution is 2.37. The number of aromatic nitrogens is 4. The van der Waals surface area contributed by atoms with Crippen LogP contribution in [0.5, 0.6) is 5.88 Å². The van der Waals surface area contributed by atoms with Gasteiger partial charge in [0.1, 0.15) is 29.0 Å². The van der Waals surface area contributed by atoms with E-state index < -0.39 is 0 Å². The van der Waals surface area contributed by atoms with Crippen molar-refractivity contribution in [2.24, 2.45) is 0 Å². The van der Waals surface area contributed by atoms with Crippen molar-refractivity contribution in [3.8, 4) is 17.3 Å². The molecular formula is C23H20ClFN6O2S. The number of pyridine rings is 1. The minimum atomic E-state index is -0.389. The number of anilines is 2. The van der Waals surface area contributed by atoms with Crippen molar-refractivity contribution >= 4 is 45.5 Å². The van der Waals surface area contributed by atoms with Crippen LogP contribution in [0.15, 0.2) is 35.2 Å². The molecule has 1 N–H and O–H groups in total. The van der Waals surface area contributed by atoms with Crippen LogP contribution in [0.3, 0.4) is 0 Å². The first-order chi connectivity index (χ1) is 16.6. The summed E-state index contributed by atoms with van der Waals surface area (Å²) in [6.45, 7) is 4.32. The van der Waals surface area contributed by atoms with Gasteiger partial charge in [-0.05, 0) is 25.1 Å². The molecule has 1 unspecified atom stereocenters. The molecule has 2 atom stereocenters. The average Bonchev–Trinajstić information content (AvgIpc) is 3.38. The quantitative estimate of drug-likeness (QED) is 0.405. The number of thiazole rings is 1. The monoisotopic (exact) mass is 498 g/mol. The molecule has 0 amide bonds. The predicted octanol–water partition coefficient (Wildman–Crippen LogP) is 4.71. The summed E-state index contributed by atoms with van der Waals surface area (Å²) in [5.41, 5.74) is 5.58. The molecule has 3 aromatic heterocycles. The maximum atomic E-state index is 14.7. The van der Waals surface area contributed by atoms with E-state index in [0.29, 0.717) is 65.5 Å². The fraction of sp³-hybridized carbons (Fsp3) is 0.304. The Labute approximate surface area is 203 Å². The third kappa shape index (κ3) is 3.81. The fourth-order valence-electron chi connectivity index (χ4n) is 4.37. The highest BCUT2D eigenvalue weighted by molar-refractivity contribution is 7.07. The molecule has 0 saturated carbocycles. The van der Waals surface area contributed by atoms with E-state index in [9.17, 15) is 4.39 Å². The van der Waals surface area contributed by atoms with Gasteiger partial charge < -0.3 is 19.7 Å². The van der Waals surface area contributed by atoms with Gasteiger partial charge in [-0.3, -0.25) is 0 Å². The largest absolute Gasteiger partial charge is 0.473 e. The number of rotatable bonds is 4. The molecule has 4 aromatic rings. The molecule has 0 bridgehead atoms. The topological polar surface area (TPSA) is 85.3 Å². The van der Waals surface area contributed by atoms with Crippen molar-refractivity contribution in [1.82, 2.24) is 19.9 Å². The number of nitrogens with one attached hydrogen (secondary N) is 1. The van der Waals surface area contributed by atoms with Gasteiger partial charge >= 0.3 is 0 Å². The molecule has 0 aliphatic carbocycles. The van der Waals surface area contributed by atoms with Crippen LogP contribution in [0.4, 0.5) is 15.9 Å². The summed E-state index contributed by atoms with van der Waals surface area (Å²) < 4.78 is 26.1. The lowest BCUT2D eigenvalue weighted by Crippen LogP contribution is -2.51. The Morgan fingerprint density at radius 1 is 1.24 bits per heavy atom. The molecule has 1 aromatic carbocycles. The second-order valence-corrected chi connectivity index (χ2v) is 9.32. The molecule has 11 heteroatoms. The summed E-state index contributed by atoms with van der Waals surface area (Å²) in [4.78, 5) is 20.5. The Kier molecular flexibility index (Phi) is 5.43. The van der Waals surface area contributed by atoms with Crippen molar-refractivity contribution in [2.45, 2.75) is 19.0 Å². The molecular weight excluding hydrogens is 479 g/mol. The van der Waals surface area contributed by atoms with Crippen LogP contribution >= 0.6 is 22.9 Å². The van der Waals surface area contributed by atoms with E-state index in [0.717, 1.165) is 11.4 Å². The smallest absolute Gasteiger partial charge is 0.258 e. The first-order valence-electron chi connectivity index (χ1n) is 10.9. The van der Waals surface area contributed by atoms with Crippen molar-refractivity contribution < 1.29 is 13.9 Å². The second kappa shape index (κ2) is 8.61. The molecule has 0 spiro atoms. The SMILES string of the molecule is CC(Nc1ccc(Cl)nc1-c1cscn1)c1cc(F)cc2nc3c(nc12)N1CCOC[C@H]1CO3. The number of ether oxygens (including phenoxy) is 2. The molecule has 8 nitrogen and oxygen atoms in total. The standard InChI is InChI=1S/C23H20ClFN6O2S/c1-12(27-16-2-3-19(24)29-21(16)18-10-34-11-26-18)15-6-13(25)7-17-20(15)30-22-23(28-17)33-9-14-8-32-5-4-31(14)22/h2-3,6-7,10-12,14,27H,4-5,8-9H2,1H3/t12?,14-/m0/s1. The summed E-state index contributed by atoms with van der Waals surface area (Å²) in [5.74, 6) is 0.707. The fourth-order valence-corrected chi connectivity index (χ4v) is 5.06. The summed E-state index contributed by atoms with van der Waals surface area (Å²) in [7, 11) is 0. The van der Waals surface area contributed by atoms with Gasteiger partial charge in [0.15, 0.2) is 5.82 Å². The zero-order valence-corrected chi connectivity index (χ0v) is 19.7. The van der Waals surface area contributed by atoms with Crippen molar-refractivity contribution in [2.75, 3.05) is 36.6 Å². The maximum Gasteiger partial charge on any atom is 0.258 e. The number of nitrogens with zero attached hydrogens (tertiary/aromatic N) is 5. The van der Waals surface area contributed by atoms with Crippen LogP contribution in [0, 0.1) is 5.82 Å². The van der Waals surface area contributed by atoms with Crippen LogP contribution in [-0.4, -0.2) is 52.3 Å². The highest BCUT2D eigenvalue weighted by atomic mass is 35.5. The van der Waals surface area contributed by atoms with E-state index >= 15 is 0 Å². The molecule has 2 aliphatic rings. The highest BCUT2D eigenvalue weighted by Gasteiger charge is 2.33. The van der Waals surface area contributed by atoms with Gasteiger partial charge in [-0.25, -0.2) is 24.3 Å². The summed E-state index contributed by atoms with van der Waals surface area (Å²) in [5, 5.41) is 5.72. The molecule has 5 heterocycles. The third-order valence-electron chi connectivity index (χ3n) is 6.00. The van der Waals surface area contributed by atoms with E-state index in [1.54, 1.807) is 11.6 Å². The number of benzene rings is 1. The van der Waals surface area contributed by atoms with Crippen molar-refractivity contribution in [1.29, 1.82) is 0 Å². The first kappa shape index (κ1) is 21.5. The van der Waals surface area contributed by atoms with Gasteiger partial charge in [-0.2, -0.15) is 0 Å². The number of halogens is 2. The van der Waals surface area contributed by atoms with Crippen LogP contribution in [0.2, 0.25) is 5.15 Å². The van der Waals surface area contributed by atoms with Gasteiger partial charge in [0.2, 0.25) is 0 Å². The molecule has 34 heavy (non-hydrogen) atoms. The first-order valence-corrected chi connectivity index (χ1v) is 12.2. The Morgan fingerprint density at radius 3 is 3.00 bits per heavy atom. The summed E-state index contributed by atoms with van der Waals surface area (Å²) in [6.07, 6.45) is 0. The zero-order chi connectivity index (χ0) is 23.2. The normalized spacial score (nSPS) is 18.2. The summed E-state index contributed by atoms with van der Waals surface area (Å²) >= 11 is 7.63. The Hall–Kier alpha value is -3.08. The number of fused-ring (bicyclic) bond motifs is 4. The van der Waals surface area contributed by atoms with Crippen molar-refractivity contribution in [3.05, 3.63) is 51.7 Å². The lowest BCUT2D eigenvalue weighted by atomic mass is 10.0. The molecule has 174 valence electrons. The van der Waals surface area contributed by atoms with Gasteiger partial charge in [-0.1, -0.05) is 11.6 Å². The second-order valence-electron chi connectivity index (χ2n) is 8.22. The Balaban J connectivity index is 1.42. The van der Waals surface area contributed by atoms with Gasteiger partial charge in [0.05, 0.1) is 47.5 Å². The Bertz CT molecular complexity index is 1370. The van der Waals surface area contributed by atoms with Crippen LogP contribution in [-0.2, 0) is 4.74 Å². The Morgan fingerprint density at radius 2 is 2.15 bits per heavy atom. The third-order valence-corrected chi connectivity index (χ3v) is 6.80. The number of hydrogen-bond donors (Lipinski definition) is 1. The van der Waals surface area contributed by atoms with Crippen molar-refractivity contribution in [3.63, 3.8) is 0 Å². The molecule has 1 fully saturated rings. The molecule has 6 rings (SSSR count). The van der Waals surface area contributed by atoms with Gasteiger partial charge in [0.25, 0.3) is 5.88 Å². The van der Waals surface area contributed by atoms with Crippen LogP contribution < -0.4 is 15.0 Å². The van der Waals surface area contributed by atoms with Gasteiger partial charge in [0, 0.05) is 23.6 Å². The van der Waals surface area contributed by atoms with Gasteiger partial charge in [-0.15, -0.1) is 11.3 Å². The van der Waals surface area contributed by atoms with E-state index in [4.69, 9.17) is 26.1 Å². The van der Waals surface area contributed by atoms with Crippen LogP contribution in [0.25, 0.3) is 22.4 Å². The average molecular weight is 499 g/mol. The predicted molar refractivity (Wildman–Crippen MR) is 129 cm³/mol. The van der Waals surface area contributed by atoms with E-state index in [2.05, 4.69) is 25.2 Å². The number of morpholine rings is 1. The van der Waals surface area contributed by atoms with E-state index in [-0.39, 0.29) is 17.9 Å². The molecule has 1 saturated heterocycles.